The van der Waals surface area contributed by atoms with Gasteiger partial charge in [0, 0.05) is 38.2 Å². The molecule has 0 saturated heterocycles. The van der Waals surface area contributed by atoms with Crippen molar-refractivity contribution in [2.24, 2.45) is 7.05 Å². The Kier molecular flexibility index (Phi) is 7.48. The van der Waals surface area contributed by atoms with E-state index >= 15 is 0 Å². The van der Waals surface area contributed by atoms with E-state index in [2.05, 4.69) is 20.4 Å². The largest absolute Gasteiger partial charge is 0.423 e. The van der Waals surface area contributed by atoms with Crippen molar-refractivity contribution in [1.29, 1.82) is 0 Å². The monoisotopic (exact) mass is 552 g/mol. The van der Waals surface area contributed by atoms with Crippen molar-refractivity contribution in [3.8, 4) is 11.4 Å². The van der Waals surface area contributed by atoms with Gasteiger partial charge >= 0.3 is 12.4 Å². The minimum absolute atomic E-state index is 0.218. The molecule has 14 heteroatoms. The molecule has 0 aliphatic heterocycles. The van der Waals surface area contributed by atoms with Gasteiger partial charge in [-0.15, -0.1) is 0 Å². The van der Waals surface area contributed by atoms with Crippen LogP contribution in [0.15, 0.2) is 58.6 Å². The first-order valence-electron chi connectivity index (χ1n) is 11.7. The molecule has 1 atom stereocenters. The Labute approximate surface area is 216 Å². The zero-order valence-electron chi connectivity index (χ0n) is 20.6. The van der Waals surface area contributed by atoms with Gasteiger partial charge in [-0.05, 0) is 49.4 Å². The summed E-state index contributed by atoms with van der Waals surface area (Å²) in [5.74, 6) is 0. The van der Waals surface area contributed by atoms with Crippen LogP contribution in [0.4, 0.5) is 32.0 Å². The number of aryl methyl sites for hydroxylation is 2. The molecule has 0 aromatic carbocycles. The maximum Gasteiger partial charge on any atom is 0.423 e. The molecule has 4 heterocycles. The average molecular weight is 552 g/mol. The maximum atomic E-state index is 13.4. The predicted molar refractivity (Wildman–Crippen MR) is 131 cm³/mol. The van der Waals surface area contributed by atoms with Crippen molar-refractivity contribution < 1.29 is 26.3 Å². The fourth-order valence-corrected chi connectivity index (χ4v) is 4.04. The van der Waals surface area contributed by atoms with Crippen LogP contribution in [0.25, 0.3) is 22.2 Å². The molecule has 0 spiro atoms. The second kappa shape index (κ2) is 10.5. The Morgan fingerprint density at radius 1 is 0.923 bits per heavy atom. The topological polar surface area (TPSA) is 94.7 Å². The van der Waals surface area contributed by atoms with E-state index in [4.69, 9.17) is 0 Å². The molecule has 0 radical (unpaired) electrons. The summed E-state index contributed by atoms with van der Waals surface area (Å²) < 4.78 is 80.6. The third-order valence-electron chi connectivity index (χ3n) is 6.07. The van der Waals surface area contributed by atoms with E-state index in [0.29, 0.717) is 40.2 Å². The lowest BCUT2D eigenvalue weighted by atomic mass is 10.1. The van der Waals surface area contributed by atoms with E-state index in [0.717, 1.165) is 19.3 Å². The van der Waals surface area contributed by atoms with Crippen LogP contribution in [0.2, 0.25) is 0 Å². The third kappa shape index (κ3) is 6.10. The molecule has 39 heavy (non-hydrogen) atoms. The van der Waals surface area contributed by atoms with Gasteiger partial charge in [0.25, 0.3) is 11.1 Å². The molecule has 0 aliphatic carbocycles. The van der Waals surface area contributed by atoms with E-state index in [-0.39, 0.29) is 17.8 Å². The number of rotatable bonds is 7. The van der Waals surface area contributed by atoms with Gasteiger partial charge in [0.1, 0.15) is 5.56 Å². The minimum Gasteiger partial charge on any atom is -0.381 e. The highest BCUT2D eigenvalue weighted by Crippen LogP contribution is 2.32. The maximum absolute atomic E-state index is 13.4. The molecular weight excluding hydrogens is 530 g/mol. The van der Waals surface area contributed by atoms with Crippen molar-refractivity contribution in [3.05, 3.63) is 80.9 Å². The first-order chi connectivity index (χ1) is 18.3. The molecule has 0 fully saturated rings. The van der Waals surface area contributed by atoms with Gasteiger partial charge in [-0.1, -0.05) is 0 Å². The van der Waals surface area contributed by atoms with Crippen LogP contribution >= 0.6 is 0 Å². The van der Waals surface area contributed by atoms with Crippen LogP contribution in [0, 0.1) is 0 Å². The van der Waals surface area contributed by atoms with Crippen molar-refractivity contribution in [3.63, 3.8) is 0 Å². The third-order valence-corrected chi connectivity index (χ3v) is 6.07. The Hall–Kier alpha value is -4.23. The molecule has 0 unspecified atom stereocenters. The summed E-state index contributed by atoms with van der Waals surface area (Å²) in [5.41, 5.74) is -3.70. The van der Waals surface area contributed by atoms with Crippen LogP contribution in [0.1, 0.15) is 30.9 Å². The lowest BCUT2D eigenvalue weighted by Crippen LogP contribution is -2.31. The molecule has 0 amide bonds. The fraction of sp³-hybridized carbons (Fsp3) is 0.320. The summed E-state index contributed by atoms with van der Waals surface area (Å²) in [6.45, 7) is 1.92. The van der Waals surface area contributed by atoms with E-state index in [1.807, 2.05) is 0 Å². The minimum atomic E-state index is -4.85. The molecule has 0 aliphatic rings. The number of nitrogens with zero attached hydrogens (tertiary/aromatic N) is 5. The molecule has 4 aromatic heterocycles. The number of alkyl halides is 6. The van der Waals surface area contributed by atoms with Crippen LogP contribution < -0.4 is 16.4 Å². The van der Waals surface area contributed by atoms with E-state index < -0.39 is 40.8 Å². The van der Waals surface area contributed by atoms with Gasteiger partial charge < -0.3 is 9.88 Å². The number of nitrogens with one attached hydrogen (secondary N) is 1. The van der Waals surface area contributed by atoms with Crippen LogP contribution in [0.3, 0.4) is 0 Å². The molecule has 0 bridgehead atoms. The number of halogens is 6. The van der Waals surface area contributed by atoms with Gasteiger partial charge in [-0.25, -0.2) is 4.68 Å². The van der Waals surface area contributed by atoms with Gasteiger partial charge in [0.15, 0.2) is 0 Å². The molecule has 4 rings (SSSR count). The van der Waals surface area contributed by atoms with Crippen molar-refractivity contribution in [2.45, 2.75) is 44.7 Å². The number of hydrogen-bond donors (Lipinski definition) is 1. The van der Waals surface area contributed by atoms with Crippen molar-refractivity contribution >= 4 is 16.5 Å². The van der Waals surface area contributed by atoms with Crippen LogP contribution in [0.5, 0.6) is 0 Å². The zero-order valence-corrected chi connectivity index (χ0v) is 20.6. The lowest BCUT2D eigenvalue weighted by molar-refractivity contribution is -0.139. The summed E-state index contributed by atoms with van der Waals surface area (Å²) in [5, 5.41) is 7.16. The standard InChI is InChI=1S/C25H22F6N6O2/c1-14(35-20-13-34-36(2)23(39)21(20)25(29,30)31)4-3-8-37-9-7-15-10-19(33-12-17(15)22(37)38)18-6-5-16(11-32-18)24(26,27)28/h5-7,9-14,35H,3-4,8H2,1-2H3/t14-/m0/s1. The zero-order chi connectivity index (χ0) is 28.5. The molecule has 8 nitrogen and oxygen atoms in total. The number of aromatic nitrogens is 5. The quantitative estimate of drug-likeness (QED) is 0.329. The van der Waals surface area contributed by atoms with Crippen LogP contribution in [-0.4, -0.2) is 30.4 Å². The molecule has 206 valence electrons. The summed E-state index contributed by atoms with van der Waals surface area (Å²) in [6, 6.07) is 4.86. The summed E-state index contributed by atoms with van der Waals surface area (Å²) in [4.78, 5) is 32.9. The van der Waals surface area contributed by atoms with Gasteiger partial charge in [0.2, 0.25) is 0 Å². The molecule has 4 aromatic rings. The highest BCUT2D eigenvalue weighted by molar-refractivity contribution is 5.83. The second-order valence-electron chi connectivity index (χ2n) is 8.95. The molecular formula is C25H22F6N6O2. The second-order valence-corrected chi connectivity index (χ2v) is 8.95. The highest BCUT2D eigenvalue weighted by Gasteiger charge is 2.38. The Morgan fingerprint density at radius 3 is 2.28 bits per heavy atom. The summed E-state index contributed by atoms with van der Waals surface area (Å²) in [7, 11) is 1.13. The van der Waals surface area contributed by atoms with Gasteiger partial charge in [-0.3, -0.25) is 19.6 Å². The van der Waals surface area contributed by atoms with E-state index in [1.54, 1.807) is 25.3 Å². The molecule has 0 saturated carbocycles. The van der Waals surface area contributed by atoms with Crippen molar-refractivity contribution in [2.75, 3.05) is 5.32 Å². The molecule has 1 N–H and O–H groups in total. The van der Waals surface area contributed by atoms with E-state index in [1.165, 1.54) is 16.8 Å². The Morgan fingerprint density at radius 2 is 1.64 bits per heavy atom. The first kappa shape index (κ1) is 27.8. The summed E-state index contributed by atoms with van der Waals surface area (Å²) in [6.07, 6.45) is -4.00. The average Bonchev–Trinajstić information content (AvgIpc) is 2.86. The number of pyridine rings is 3. The van der Waals surface area contributed by atoms with Gasteiger partial charge in [0.05, 0.1) is 34.2 Å². The Balaban J connectivity index is 1.44. The summed E-state index contributed by atoms with van der Waals surface area (Å²) >= 11 is 0. The first-order valence-corrected chi connectivity index (χ1v) is 11.7. The smallest absolute Gasteiger partial charge is 0.381 e. The van der Waals surface area contributed by atoms with Gasteiger partial charge in [-0.2, -0.15) is 31.4 Å². The fourth-order valence-electron chi connectivity index (χ4n) is 4.04. The van der Waals surface area contributed by atoms with Crippen molar-refractivity contribution in [1.82, 2.24) is 24.3 Å². The number of anilines is 1. The van der Waals surface area contributed by atoms with E-state index in [9.17, 15) is 35.9 Å². The number of fused-ring (bicyclic) bond motifs is 1. The number of hydrogen-bond acceptors (Lipinski definition) is 6. The SMILES string of the molecule is C[C@@H](CCCn1ccc2cc(-c3ccc(C(F)(F)F)cn3)ncc2c1=O)Nc1cnn(C)c(=O)c1C(F)(F)F. The highest BCUT2D eigenvalue weighted by atomic mass is 19.4. The van der Waals surface area contributed by atoms with Crippen LogP contribution in [-0.2, 0) is 25.9 Å². The lowest BCUT2D eigenvalue weighted by Gasteiger charge is -2.19. The Bertz CT molecular complexity index is 1610. The normalized spacial score (nSPS) is 13.0. The predicted octanol–water partition coefficient (Wildman–Crippen LogP) is 4.87.